The van der Waals surface area contributed by atoms with Crippen LogP contribution in [0.15, 0.2) is 53.4 Å². The second-order valence-electron chi connectivity index (χ2n) is 9.12. The third-order valence-electron chi connectivity index (χ3n) is 6.73. The lowest BCUT2D eigenvalue weighted by molar-refractivity contribution is -0.137. The molecular weight excluding hydrogens is 501 g/mol. The topological polar surface area (TPSA) is 64.6 Å². The molecule has 37 heavy (non-hydrogen) atoms. The van der Waals surface area contributed by atoms with Crippen LogP contribution in [0.3, 0.4) is 0 Å². The van der Waals surface area contributed by atoms with E-state index in [0.29, 0.717) is 54.2 Å². The van der Waals surface area contributed by atoms with Crippen molar-refractivity contribution in [1.29, 1.82) is 0 Å². The van der Waals surface area contributed by atoms with Gasteiger partial charge in [0.2, 0.25) is 0 Å². The van der Waals surface area contributed by atoms with Crippen molar-refractivity contribution in [3.8, 4) is 11.3 Å². The Morgan fingerprint density at radius 2 is 1.89 bits per heavy atom. The van der Waals surface area contributed by atoms with E-state index >= 15 is 0 Å². The zero-order valence-electron chi connectivity index (χ0n) is 19.9. The average Bonchev–Trinajstić information content (AvgIpc) is 3.44. The van der Waals surface area contributed by atoms with E-state index in [4.69, 9.17) is 4.98 Å². The van der Waals surface area contributed by atoms with Crippen molar-refractivity contribution in [3.63, 3.8) is 0 Å². The summed E-state index contributed by atoms with van der Waals surface area (Å²) in [6.45, 7) is 2.45. The van der Waals surface area contributed by atoms with E-state index in [2.05, 4.69) is 10.3 Å². The van der Waals surface area contributed by atoms with Crippen molar-refractivity contribution in [2.45, 2.75) is 12.7 Å². The Hall–Kier alpha value is -3.70. The van der Waals surface area contributed by atoms with Gasteiger partial charge in [-0.2, -0.15) is 24.5 Å². The third kappa shape index (κ3) is 4.17. The Labute approximate surface area is 215 Å². The van der Waals surface area contributed by atoms with Crippen LogP contribution in [0, 0.1) is 0 Å². The number of aromatic nitrogens is 2. The summed E-state index contributed by atoms with van der Waals surface area (Å²) in [7, 11) is 1.62. The van der Waals surface area contributed by atoms with Crippen molar-refractivity contribution < 1.29 is 18.0 Å². The van der Waals surface area contributed by atoms with Gasteiger partial charge in [-0.25, -0.2) is 9.78 Å². The summed E-state index contributed by atoms with van der Waals surface area (Å²) in [5.74, 6) is 0. The molecule has 0 aliphatic carbocycles. The molecule has 2 aliphatic heterocycles. The standard InChI is InChI=1S/C26H23F3N6OS/c1-33-14-17-13-31-21-4-3-20(16-6-11-37-15-16)32-23(21)24(17)35(25(33)36)18-2-5-22(19(12-18)26(27,28)29)34-9-7-30-8-10-34/h2-6,11-13,15,30H,7-10,14H2,1H3. The highest BCUT2D eigenvalue weighted by atomic mass is 32.1. The molecule has 4 aromatic rings. The van der Waals surface area contributed by atoms with Crippen LogP contribution < -0.4 is 15.1 Å². The molecule has 0 atom stereocenters. The number of hydrogen-bond acceptors (Lipinski definition) is 6. The van der Waals surface area contributed by atoms with Gasteiger partial charge in [0, 0.05) is 61.6 Å². The Morgan fingerprint density at radius 3 is 2.62 bits per heavy atom. The number of anilines is 3. The SMILES string of the molecule is CN1Cc2cnc3ccc(-c4ccsc4)nc3c2N(c2ccc(N3CCNCC3)c(C(F)(F)F)c2)C1=O. The van der Waals surface area contributed by atoms with Gasteiger partial charge < -0.3 is 15.1 Å². The van der Waals surface area contributed by atoms with Gasteiger partial charge in [-0.05, 0) is 41.8 Å². The van der Waals surface area contributed by atoms with Crippen LogP contribution >= 0.6 is 11.3 Å². The molecular formula is C26H23F3N6OS. The number of nitrogens with one attached hydrogen (secondary N) is 1. The molecule has 0 bridgehead atoms. The van der Waals surface area contributed by atoms with Crippen molar-refractivity contribution in [1.82, 2.24) is 20.2 Å². The minimum atomic E-state index is -4.59. The maximum Gasteiger partial charge on any atom is 0.418 e. The number of pyridine rings is 2. The van der Waals surface area contributed by atoms with Gasteiger partial charge in [0.1, 0.15) is 5.52 Å². The van der Waals surface area contributed by atoms with Crippen LogP contribution in [0.25, 0.3) is 22.3 Å². The van der Waals surface area contributed by atoms with Gasteiger partial charge >= 0.3 is 12.2 Å². The Morgan fingerprint density at radius 1 is 1.08 bits per heavy atom. The smallest absolute Gasteiger partial charge is 0.368 e. The lowest BCUT2D eigenvalue weighted by atomic mass is 10.0. The summed E-state index contributed by atoms with van der Waals surface area (Å²) in [4.78, 5) is 27.4. The number of benzene rings is 1. The molecule has 0 radical (unpaired) electrons. The second kappa shape index (κ2) is 9.00. The fourth-order valence-electron chi connectivity index (χ4n) is 4.93. The predicted molar refractivity (Wildman–Crippen MR) is 138 cm³/mol. The number of amides is 2. The molecule has 0 unspecified atom stereocenters. The van der Waals surface area contributed by atoms with Crippen LogP contribution in [-0.2, 0) is 12.7 Å². The fourth-order valence-corrected chi connectivity index (χ4v) is 5.58. The Balaban J connectivity index is 1.54. The minimum absolute atomic E-state index is 0.119. The lowest BCUT2D eigenvalue weighted by Crippen LogP contribution is -2.44. The van der Waals surface area contributed by atoms with E-state index in [-0.39, 0.29) is 17.9 Å². The van der Waals surface area contributed by atoms with E-state index in [9.17, 15) is 18.0 Å². The van der Waals surface area contributed by atoms with E-state index in [0.717, 1.165) is 11.6 Å². The van der Waals surface area contributed by atoms with Crippen LogP contribution in [0.5, 0.6) is 0 Å². The minimum Gasteiger partial charge on any atom is -0.368 e. The number of nitrogens with zero attached hydrogens (tertiary/aromatic N) is 5. The molecule has 11 heteroatoms. The number of hydrogen-bond donors (Lipinski definition) is 1. The van der Waals surface area contributed by atoms with E-state index < -0.39 is 17.8 Å². The molecule has 0 spiro atoms. The first-order valence-electron chi connectivity index (χ1n) is 11.8. The van der Waals surface area contributed by atoms with E-state index in [1.54, 1.807) is 35.5 Å². The van der Waals surface area contributed by atoms with Crippen LogP contribution in [0.4, 0.5) is 35.0 Å². The zero-order chi connectivity index (χ0) is 25.7. The molecule has 5 heterocycles. The summed E-state index contributed by atoms with van der Waals surface area (Å²) in [5, 5.41) is 7.08. The molecule has 0 saturated carbocycles. The van der Waals surface area contributed by atoms with Crippen molar-refractivity contribution in [2.75, 3.05) is 43.0 Å². The number of alkyl halides is 3. The summed E-state index contributed by atoms with van der Waals surface area (Å²) in [6, 6.07) is 9.34. The number of halogens is 3. The normalized spacial score (nSPS) is 16.4. The monoisotopic (exact) mass is 524 g/mol. The average molecular weight is 525 g/mol. The number of urea groups is 1. The Kier molecular flexibility index (Phi) is 5.76. The number of thiophene rings is 1. The van der Waals surface area contributed by atoms with E-state index in [1.165, 1.54) is 15.9 Å². The summed E-state index contributed by atoms with van der Waals surface area (Å²) in [5.41, 5.74) is 3.34. The summed E-state index contributed by atoms with van der Waals surface area (Å²) in [6.07, 6.45) is -2.92. The molecule has 1 aromatic carbocycles. The van der Waals surface area contributed by atoms with Gasteiger partial charge in [0.25, 0.3) is 0 Å². The molecule has 2 aliphatic rings. The first kappa shape index (κ1) is 23.7. The predicted octanol–water partition coefficient (Wildman–Crippen LogP) is 5.49. The van der Waals surface area contributed by atoms with Gasteiger partial charge in [-0.15, -0.1) is 0 Å². The first-order chi connectivity index (χ1) is 17.8. The van der Waals surface area contributed by atoms with Crippen LogP contribution in [-0.4, -0.2) is 54.1 Å². The molecule has 1 N–H and O–H groups in total. The fraction of sp³-hybridized carbons (Fsp3) is 0.269. The molecule has 1 saturated heterocycles. The lowest BCUT2D eigenvalue weighted by Gasteiger charge is -2.36. The zero-order valence-corrected chi connectivity index (χ0v) is 20.7. The molecule has 6 rings (SSSR count). The number of fused-ring (bicyclic) bond motifs is 3. The summed E-state index contributed by atoms with van der Waals surface area (Å²) >= 11 is 1.54. The highest BCUT2D eigenvalue weighted by molar-refractivity contribution is 7.08. The highest BCUT2D eigenvalue weighted by Gasteiger charge is 2.38. The maximum absolute atomic E-state index is 14.3. The van der Waals surface area contributed by atoms with Gasteiger partial charge in [-0.1, -0.05) is 0 Å². The van der Waals surface area contributed by atoms with Crippen molar-refractivity contribution in [3.05, 3.63) is 64.5 Å². The summed E-state index contributed by atoms with van der Waals surface area (Å²) < 4.78 is 42.9. The number of carbonyl (C=O) groups excluding carboxylic acids is 1. The van der Waals surface area contributed by atoms with E-state index in [1.807, 2.05) is 29.0 Å². The quantitative estimate of drug-likeness (QED) is 0.384. The van der Waals surface area contributed by atoms with Gasteiger partial charge in [0.15, 0.2) is 0 Å². The van der Waals surface area contributed by atoms with Gasteiger partial charge in [0.05, 0.1) is 34.7 Å². The Bertz CT molecular complexity index is 1480. The number of rotatable bonds is 3. The third-order valence-corrected chi connectivity index (χ3v) is 7.41. The second-order valence-corrected chi connectivity index (χ2v) is 9.90. The molecule has 7 nitrogen and oxygen atoms in total. The molecule has 2 amide bonds. The molecule has 190 valence electrons. The highest BCUT2D eigenvalue weighted by Crippen LogP contribution is 2.44. The van der Waals surface area contributed by atoms with Crippen molar-refractivity contribution >= 4 is 45.5 Å². The molecule has 1 fully saturated rings. The first-order valence-corrected chi connectivity index (χ1v) is 12.8. The van der Waals surface area contributed by atoms with Crippen LogP contribution in [0.2, 0.25) is 0 Å². The van der Waals surface area contributed by atoms with Crippen molar-refractivity contribution in [2.24, 2.45) is 0 Å². The largest absolute Gasteiger partial charge is 0.418 e. The number of piperazine rings is 1. The van der Waals surface area contributed by atoms with Crippen LogP contribution in [0.1, 0.15) is 11.1 Å². The maximum atomic E-state index is 14.3. The number of carbonyl (C=O) groups is 1. The molecule has 3 aromatic heterocycles. The van der Waals surface area contributed by atoms with Gasteiger partial charge in [-0.3, -0.25) is 9.88 Å².